The van der Waals surface area contributed by atoms with Gasteiger partial charge in [0.2, 0.25) is 6.79 Å². The van der Waals surface area contributed by atoms with Gasteiger partial charge in [0, 0.05) is 30.1 Å². The lowest BCUT2D eigenvalue weighted by Gasteiger charge is -2.35. The van der Waals surface area contributed by atoms with E-state index in [0.717, 1.165) is 67.0 Å². The fourth-order valence-electron chi connectivity index (χ4n) is 3.67. The summed E-state index contributed by atoms with van der Waals surface area (Å²) >= 11 is 1.77. The van der Waals surface area contributed by atoms with Crippen LogP contribution in [0.2, 0.25) is 0 Å². The van der Waals surface area contributed by atoms with Crippen molar-refractivity contribution < 1.29 is 9.47 Å². The van der Waals surface area contributed by atoms with Gasteiger partial charge < -0.3 is 14.4 Å². The second-order valence-corrected chi connectivity index (χ2v) is 8.12. The molecule has 2 aromatic rings. The molecule has 5 rings (SSSR count). The molecule has 6 heteroatoms. The summed E-state index contributed by atoms with van der Waals surface area (Å²) in [6.07, 6.45) is 3.36. The first-order chi connectivity index (χ1) is 13.8. The molecule has 0 saturated carbocycles. The summed E-state index contributed by atoms with van der Waals surface area (Å²) in [5, 5.41) is 1.09. The molecule has 0 saturated heterocycles. The van der Waals surface area contributed by atoms with Crippen molar-refractivity contribution in [2.24, 2.45) is 9.98 Å². The van der Waals surface area contributed by atoms with Crippen molar-refractivity contribution in [1.29, 1.82) is 0 Å². The molecule has 0 spiro atoms. The average molecular weight is 394 g/mol. The number of hydrogen-bond acceptors (Lipinski definition) is 5. The molecule has 0 unspecified atom stereocenters. The smallest absolute Gasteiger partial charge is 0.231 e. The van der Waals surface area contributed by atoms with Crippen molar-refractivity contribution in [3.05, 3.63) is 42.0 Å². The maximum absolute atomic E-state index is 5.54. The van der Waals surface area contributed by atoms with Crippen LogP contribution in [0.3, 0.4) is 0 Å². The Kier molecular flexibility index (Phi) is 4.72. The number of thioether (sulfide) groups is 1. The van der Waals surface area contributed by atoms with Gasteiger partial charge in [-0.25, -0.2) is 0 Å². The molecule has 3 heterocycles. The highest BCUT2D eigenvalue weighted by atomic mass is 32.2. The van der Waals surface area contributed by atoms with Gasteiger partial charge in [-0.1, -0.05) is 37.2 Å². The van der Waals surface area contributed by atoms with Gasteiger partial charge in [0.25, 0.3) is 0 Å². The predicted molar refractivity (Wildman–Crippen MR) is 114 cm³/mol. The third kappa shape index (κ3) is 3.15. The lowest BCUT2D eigenvalue weighted by molar-refractivity contribution is 0.174. The van der Waals surface area contributed by atoms with Gasteiger partial charge in [0.1, 0.15) is 5.84 Å². The number of rotatable bonds is 4. The number of benzene rings is 2. The van der Waals surface area contributed by atoms with E-state index in [2.05, 4.69) is 42.2 Å². The highest BCUT2D eigenvalue weighted by Crippen LogP contribution is 2.39. The molecule has 0 radical (unpaired) electrons. The molecule has 0 atom stereocenters. The molecule has 28 heavy (non-hydrogen) atoms. The first-order valence-corrected chi connectivity index (χ1v) is 10.7. The van der Waals surface area contributed by atoms with Crippen LogP contribution in [0.15, 0.2) is 51.3 Å². The normalized spacial score (nSPS) is 18.7. The van der Waals surface area contributed by atoms with Gasteiger partial charge in [0.15, 0.2) is 16.7 Å². The van der Waals surface area contributed by atoms with Gasteiger partial charge in [-0.05, 0) is 48.2 Å². The van der Waals surface area contributed by atoms with Crippen LogP contribution in [0.1, 0.15) is 31.7 Å². The molecule has 2 aromatic carbocycles. The van der Waals surface area contributed by atoms with Crippen molar-refractivity contribution in [3.63, 3.8) is 0 Å². The van der Waals surface area contributed by atoms with Crippen molar-refractivity contribution >= 4 is 22.8 Å². The fraction of sp³-hybridized carbons (Fsp3) is 0.364. The molecule has 0 N–H and O–H groups in total. The number of unbranched alkanes of at least 4 members (excludes halogenated alkanes) is 1. The monoisotopic (exact) mass is 393 g/mol. The molecule has 5 nitrogen and oxygen atoms in total. The minimum atomic E-state index is 0.298. The third-order valence-electron chi connectivity index (χ3n) is 5.18. The zero-order valence-electron chi connectivity index (χ0n) is 16.0. The van der Waals surface area contributed by atoms with Gasteiger partial charge in [-0.15, -0.1) is 0 Å². The predicted octanol–water partition coefficient (Wildman–Crippen LogP) is 4.80. The van der Waals surface area contributed by atoms with Gasteiger partial charge in [-0.3, -0.25) is 9.98 Å². The summed E-state index contributed by atoms with van der Waals surface area (Å²) in [5.41, 5.74) is 3.51. The Morgan fingerprint density at radius 1 is 1.11 bits per heavy atom. The van der Waals surface area contributed by atoms with E-state index in [-0.39, 0.29) is 0 Å². The molecule has 3 aliphatic rings. The Morgan fingerprint density at radius 3 is 2.89 bits per heavy atom. The number of fused-ring (bicyclic) bond motifs is 4. The Bertz CT molecular complexity index is 970. The lowest BCUT2D eigenvalue weighted by Crippen LogP contribution is -2.42. The van der Waals surface area contributed by atoms with Crippen LogP contribution in [-0.4, -0.2) is 42.3 Å². The molecule has 0 fully saturated rings. The first kappa shape index (κ1) is 17.6. The molecule has 144 valence electrons. The third-order valence-corrected chi connectivity index (χ3v) is 6.27. The number of aliphatic imine (C=N–C) groups is 2. The Morgan fingerprint density at radius 2 is 1.96 bits per heavy atom. The number of nitrogens with zero attached hydrogens (tertiary/aromatic N) is 3. The van der Waals surface area contributed by atoms with Crippen LogP contribution in [0.4, 0.5) is 0 Å². The molecular formula is C22H23N3O2S. The summed E-state index contributed by atoms with van der Waals surface area (Å²) < 4.78 is 11.0. The molecular weight excluding hydrogens is 370 g/mol. The topological polar surface area (TPSA) is 46.4 Å². The summed E-state index contributed by atoms with van der Waals surface area (Å²) in [6.45, 7) is 5.27. The maximum Gasteiger partial charge on any atom is 0.231 e. The van der Waals surface area contributed by atoms with Crippen LogP contribution < -0.4 is 9.47 Å². The van der Waals surface area contributed by atoms with E-state index in [1.165, 1.54) is 16.0 Å². The van der Waals surface area contributed by atoms with Crippen LogP contribution >= 0.6 is 11.8 Å². The van der Waals surface area contributed by atoms with E-state index >= 15 is 0 Å². The van der Waals surface area contributed by atoms with Crippen molar-refractivity contribution in [3.8, 4) is 22.6 Å². The van der Waals surface area contributed by atoms with Crippen LogP contribution in [0.25, 0.3) is 11.1 Å². The van der Waals surface area contributed by atoms with Gasteiger partial charge >= 0.3 is 0 Å². The van der Waals surface area contributed by atoms with E-state index < -0.39 is 0 Å². The molecule has 0 bridgehead atoms. The van der Waals surface area contributed by atoms with Gasteiger partial charge in [-0.2, -0.15) is 0 Å². The maximum atomic E-state index is 5.54. The summed E-state index contributed by atoms with van der Waals surface area (Å²) in [4.78, 5) is 13.2. The number of hydrogen-bond donors (Lipinski definition) is 0. The van der Waals surface area contributed by atoms with E-state index in [9.17, 15) is 0 Å². The average Bonchev–Trinajstić information content (AvgIpc) is 3.21. The van der Waals surface area contributed by atoms with Crippen molar-refractivity contribution in [2.75, 3.05) is 26.4 Å². The zero-order valence-corrected chi connectivity index (χ0v) is 16.8. The molecule has 0 aliphatic carbocycles. The summed E-state index contributed by atoms with van der Waals surface area (Å²) in [6, 6.07) is 12.7. The SMILES string of the molecule is CCCCN=C1Sc2cc(-c3ccc4c(c3)OCO4)ccc2C2=NCCCN12. The fourth-order valence-corrected chi connectivity index (χ4v) is 4.77. The van der Waals surface area contributed by atoms with Crippen LogP contribution in [0, 0.1) is 0 Å². The van der Waals surface area contributed by atoms with Crippen molar-refractivity contribution in [2.45, 2.75) is 31.1 Å². The van der Waals surface area contributed by atoms with E-state index in [1.807, 2.05) is 6.07 Å². The molecule has 0 aromatic heterocycles. The molecule has 3 aliphatic heterocycles. The lowest BCUT2D eigenvalue weighted by atomic mass is 10.0. The second kappa shape index (κ2) is 7.51. The van der Waals surface area contributed by atoms with Gasteiger partial charge in [0.05, 0.1) is 0 Å². The largest absolute Gasteiger partial charge is 0.454 e. The zero-order chi connectivity index (χ0) is 18.9. The highest BCUT2D eigenvalue weighted by molar-refractivity contribution is 8.14. The van der Waals surface area contributed by atoms with E-state index in [0.29, 0.717) is 6.79 Å². The van der Waals surface area contributed by atoms with E-state index in [4.69, 9.17) is 19.5 Å². The Balaban J connectivity index is 1.52. The van der Waals surface area contributed by atoms with Crippen molar-refractivity contribution in [1.82, 2.24) is 4.90 Å². The number of amidine groups is 2. The Hall–Kier alpha value is -2.47. The Labute approximate surface area is 169 Å². The summed E-state index contributed by atoms with van der Waals surface area (Å²) in [5.74, 6) is 2.70. The van der Waals surface area contributed by atoms with E-state index in [1.54, 1.807) is 11.8 Å². The minimum absolute atomic E-state index is 0.298. The van der Waals surface area contributed by atoms with Crippen LogP contribution in [0.5, 0.6) is 11.5 Å². The summed E-state index contributed by atoms with van der Waals surface area (Å²) in [7, 11) is 0. The molecule has 0 amide bonds. The standard InChI is InChI=1S/C22H23N3O2S/c1-2-3-9-24-22-25-11-4-10-23-21(25)17-7-5-16(13-20(17)28-22)15-6-8-18-19(12-15)27-14-26-18/h5-8,12-13H,2-4,9-11,14H2,1H3. The van der Waals surface area contributed by atoms with Crippen LogP contribution in [-0.2, 0) is 0 Å². The number of ether oxygens (including phenoxy) is 2. The first-order valence-electron chi connectivity index (χ1n) is 9.92. The quantitative estimate of drug-likeness (QED) is 0.700. The minimum Gasteiger partial charge on any atom is -0.454 e. The second-order valence-electron chi connectivity index (χ2n) is 7.11. The highest BCUT2D eigenvalue weighted by Gasteiger charge is 2.30.